The van der Waals surface area contributed by atoms with Gasteiger partial charge in [-0.05, 0) is 37.5 Å². The Morgan fingerprint density at radius 3 is 2.71 bits per heavy atom. The van der Waals surface area contributed by atoms with Gasteiger partial charge in [0.15, 0.2) is 0 Å². The van der Waals surface area contributed by atoms with E-state index < -0.39 is 0 Å². The van der Waals surface area contributed by atoms with Crippen molar-refractivity contribution in [2.24, 2.45) is 11.7 Å². The molecule has 0 aromatic carbocycles. The highest BCUT2D eigenvalue weighted by atomic mass is 19.1. The molecule has 2 N–H and O–H groups in total. The fraction of sp³-hybridized carbons (Fsp3) is 0.536. The van der Waals surface area contributed by atoms with Crippen LogP contribution in [0.25, 0.3) is 5.52 Å². The molecule has 0 amide bonds. The number of nitrogens with zero attached hydrogens (tertiary/aromatic N) is 8. The van der Waals surface area contributed by atoms with Crippen molar-refractivity contribution in [2.45, 2.75) is 44.9 Å². The van der Waals surface area contributed by atoms with E-state index in [0.29, 0.717) is 35.9 Å². The normalized spacial score (nSPS) is 26.9. The van der Waals surface area contributed by atoms with Crippen LogP contribution < -0.4 is 15.5 Å². The average Bonchev–Trinajstić information content (AvgIpc) is 3.47. The summed E-state index contributed by atoms with van der Waals surface area (Å²) in [5, 5.41) is 13.8. The van der Waals surface area contributed by atoms with Gasteiger partial charge in [0.2, 0.25) is 0 Å². The number of pyridine rings is 2. The average molecular weight is 518 g/mol. The van der Waals surface area contributed by atoms with Crippen LogP contribution in [0.5, 0.6) is 0 Å². The first-order chi connectivity index (χ1) is 18.4. The molecule has 4 atom stereocenters. The van der Waals surface area contributed by atoms with Crippen molar-refractivity contribution in [1.29, 1.82) is 5.26 Å². The SMILES string of the molecule is C[C@@H]1CN(c2cnc(CN3CC[C@H]4CN(c5ccc(C#N)n6nccc56)C[C@@H](C)N4CC3)c(F)c2)C[C@H]1N. The summed E-state index contributed by atoms with van der Waals surface area (Å²) in [5.74, 6) is 0.164. The molecule has 9 nitrogen and oxygen atoms in total. The van der Waals surface area contributed by atoms with Gasteiger partial charge in [0.25, 0.3) is 0 Å². The number of halogens is 1. The first-order valence-corrected chi connectivity index (χ1v) is 13.7. The summed E-state index contributed by atoms with van der Waals surface area (Å²) >= 11 is 0. The van der Waals surface area contributed by atoms with E-state index in [2.05, 4.69) is 55.7 Å². The summed E-state index contributed by atoms with van der Waals surface area (Å²) in [6, 6.07) is 10.7. The molecule has 6 rings (SSSR count). The molecule has 0 aliphatic carbocycles. The third kappa shape index (κ3) is 4.59. The number of aromatic nitrogens is 3. The van der Waals surface area contributed by atoms with E-state index in [1.807, 2.05) is 12.1 Å². The van der Waals surface area contributed by atoms with Gasteiger partial charge in [0.05, 0.1) is 35.0 Å². The number of nitrogens with two attached hydrogens (primary N) is 1. The third-order valence-electron chi connectivity index (χ3n) is 8.70. The van der Waals surface area contributed by atoms with E-state index in [1.54, 1.807) is 23.0 Å². The van der Waals surface area contributed by atoms with E-state index in [9.17, 15) is 5.26 Å². The van der Waals surface area contributed by atoms with Crippen LogP contribution >= 0.6 is 0 Å². The van der Waals surface area contributed by atoms with Crippen molar-refractivity contribution in [1.82, 2.24) is 24.4 Å². The molecule has 3 saturated heterocycles. The zero-order valence-corrected chi connectivity index (χ0v) is 22.2. The van der Waals surface area contributed by atoms with Crippen LogP contribution in [-0.4, -0.2) is 88.3 Å². The molecule has 3 fully saturated rings. The van der Waals surface area contributed by atoms with Gasteiger partial charge in [0, 0.05) is 76.5 Å². The predicted molar refractivity (Wildman–Crippen MR) is 146 cm³/mol. The highest BCUT2D eigenvalue weighted by Gasteiger charge is 2.35. The lowest BCUT2D eigenvalue weighted by molar-refractivity contribution is 0.127. The first-order valence-electron chi connectivity index (χ1n) is 13.7. The Morgan fingerprint density at radius 1 is 1.08 bits per heavy atom. The molecule has 200 valence electrons. The summed E-state index contributed by atoms with van der Waals surface area (Å²) < 4.78 is 16.8. The fourth-order valence-electron chi connectivity index (χ4n) is 6.45. The number of anilines is 2. The summed E-state index contributed by atoms with van der Waals surface area (Å²) in [6.07, 6.45) is 4.57. The summed E-state index contributed by atoms with van der Waals surface area (Å²) in [5.41, 5.74) is 10.1. The molecule has 0 bridgehead atoms. The topological polar surface area (TPSA) is 93.0 Å². The number of nitriles is 1. The van der Waals surface area contributed by atoms with Crippen LogP contribution in [-0.2, 0) is 6.54 Å². The fourth-order valence-corrected chi connectivity index (χ4v) is 6.45. The standard InChI is InChI=1S/C28H36FN9/c1-19-14-35(17-25(19)31)23-11-24(29)26(32-13-23)18-34-8-6-22-16-36(15-20(2)37(22)10-9-34)27-4-3-21(12-30)38-28(27)5-7-33-38/h3-5,7,11,13,19-20,22,25H,6,8-10,14-18,31H2,1-2H3/t19-,20-,22+,25-/m1/s1. The van der Waals surface area contributed by atoms with Gasteiger partial charge in [-0.25, -0.2) is 8.91 Å². The lowest BCUT2D eigenvalue weighted by Crippen LogP contribution is -2.58. The Labute approximate surface area is 223 Å². The van der Waals surface area contributed by atoms with Gasteiger partial charge in [-0.3, -0.25) is 14.8 Å². The minimum atomic E-state index is -0.234. The van der Waals surface area contributed by atoms with Crippen molar-refractivity contribution in [3.05, 3.63) is 53.9 Å². The van der Waals surface area contributed by atoms with Gasteiger partial charge in [0.1, 0.15) is 17.6 Å². The van der Waals surface area contributed by atoms with E-state index in [-0.39, 0.29) is 11.9 Å². The maximum absolute atomic E-state index is 15.1. The van der Waals surface area contributed by atoms with Crippen molar-refractivity contribution in [2.75, 3.05) is 55.6 Å². The Morgan fingerprint density at radius 2 is 1.95 bits per heavy atom. The number of piperazine rings is 1. The highest BCUT2D eigenvalue weighted by Crippen LogP contribution is 2.30. The molecule has 3 aliphatic heterocycles. The Hall–Kier alpha value is -3.26. The predicted octanol–water partition coefficient (Wildman–Crippen LogP) is 2.31. The summed E-state index contributed by atoms with van der Waals surface area (Å²) in [4.78, 5) is 14.1. The minimum absolute atomic E-state index is 0.120. The Balaban J connectivity index is 1.13. The van der Waals surface area contributed by atoms with Crippen LogP contribution in [0.1, 0.15) is 31.7 Å². The van der Waals surface area contributed by atoms with E-state index in [1.165, 1.54) is 0 Å². The second-order valence-corrected chi connectivity index (χ2v) is 11.2. The maximum Gasteiger partial charge on any atom is 0.148 e. The van der Waals surface area contributed by atoms with Gasteiger partial charge in [-0.15, -0.1) is 0 Å². The largest absolute Gasteiger partial charge is 0.368 e. The second-order valence-electron chi connectivity index (χ2n) is 11.2. The molecule has 0 spiro atoms. The number of hydrogen-bond acceptors (Lipinski definition) is 8. The molecule has 6 heterocycles. The highest BCUT2D eigenvalue weighted by molar-refractivity contribution is 5.74. The van der Waals surface area contributed by atoms with Crippen LogP contribution in [0, 0.1) is 23.1 Å². The lowest BCUT2D eigenvalue weighted by Gasteiger charge is -2.46. The molecule has 0 unspecified atom stereocenters. The Kier molecular flexibility index (Phi) is 6.68. The van der Waals surface area contributed by atoms with Gasteiger partial charge in [-0.1, -0.05) is 6.92 Å². The molecule has 3 aliphatic rings. The molecular weight excluding hydrogens is 481 g/mol. The van der Waals surface area contributed by atoms with Gasteiger partial charge < -0.3 is 15.5 Å². The number of fused-ring (bicyclic) bond motifs is 2. The third-order valence-corrected chi connectivity index (χ3v) is 8.70. The first kappa shape index (κ1) is 25.0. The molecular formula is C28H36FN9. The molecule has 0 radical (unpaired) electrons. The minimum Gasteiger partial charge on any atom is -0.368 e. The quantitative estimate of drug-likeness (QED) is 0.564. The molecule has 0 saturated carbocycles. The zero-order chi connectivity index (χ0) is 26.4. The Bertz CT molecular complexity index is 1340. The molecule has 38 heavy (non-hydrogen) atoms. The van der Waals surface area contributed by atoms with Crippen molar-refractivity contribution < 1.29 is 4.39 Å². The van der Waals surface area contributed by atoms with Crippen molar-refractivity contribution >= 4 is 16.9 Å². The zero-order valence-electron chi connectivity index (χ0n) is 22.2. The second kappa shape index (κ2) is 10.1. The van der Waals surface area contributed by atoms with Crippen LogP contribution in [0.2, 0.25) is 0 Å². The van der Waals surface area contributed by atoms with Gasteiger partial charge in [-0.2, -0.15) is 10.4 Å². The van der Waals surface area contributed by atoms with E-state index in [4.69, 9.17) is 5.73 Å². The monoisotopic (exact) mass is 517 g/mol. The summed E-state index contributed by atoms with van der Waals surface area (Å²) in [6.45, 7) is 11.1. The van der Waals surface area contributed by atoms with Gasteiger partial charge >= 0.3 is 0 Å². The molecule has 3 aromatic heterocycles. The molecule has 10 heteroatoms. The number of hydrogen-bond donors (Lipinski definition) is 1. The molecule has 3 aromatic rings. The smallest absolute Gasteiger partial charge is 0.148 e. The van der Waals surface area contributed by atoms with Crippen LogP contribution in [0.3, 0.4) is 0 Å². The van der Waals surface area contributed by atoms with E-state index >= 15 is 4.39 Å². The lowest BCUT2D eigenvalue weighted by atomic mass is 10.0. The number of rotatable bonds is 4. The van der Waals surface area contributed by atoms with Crippen molar-refractivity contribution in [3.63, 3.8) is 0 Å². The van der Waals surface area contributed by atoms with Crippen LogP contribution in [0.15, 0.2) is 36.7 Å². The maximum atomic E-state index is 15.1. The summed E-state index contributed by atoms with van der Waals surface area (Å²) in [7, 11) is 0. The van der Waals surface area contributed by atoms with Crippen molar-refractivity contribution in [3.8, 4) is 6.07 Å². The van der Waals surface area contributed by atoms with E-state index in [0.717, 1.165) is 69.1 Å². The van der Waals surface area contributed by atoms with Crippen LogP contribution in [0.4, 0.5) is 15.8 Å².